The van der Waals surface area contributed by atoms with Gasteiger partial charge in [-0.1, -0.05) is 0 Å². The van der Waals surface area contributed by atoms with Crippen LogP contribution in [-0.2, 0) is 25.6 Å². The molecule has 10 heteroatoms. The molecule has 98 valence electrons. The number of sulfonamides is 1. The Kier molecular flexibility index (Phi) is 4.53. The molecule has 1 rings (SSSR count). The lowest BCUT2D eigenvalue weighted by molar-refractivity contribution is 0.579. The van der Waals surface area contributed by atoms with E-state index in [0.717, 1.165) is 0 Å². The fourth-order valence-corrected chi connectivity index (χ4v) is 2.71. The zero-order valence-electron chi connectivity index (χ0n) is 9.00. The number of hydrogen-bond acceptors (Lipinski definition) is 5. The van der Waals surface area contributed by atoms with Crippen molar-refractivity contribution < 1.29 is 16.8 Å². The standard InChI is InChI=1S/C7H12ClN3O4S2/c1-2-11-5-7(9-6-11)17(14,15)10-3-4-16(8,12)13/h5-6,10H,2-4H2,1H3. The molecule has 7 nitrogen and oxygen atoms in total. The highest BCUT2D eigenvalue weighted by molar-refractivity contribution is 8.13. The number of nitrogens with zero attached hydrogens (tertiary/aromatic N) is 2. The molecule has 0 bridgehead atoms. The van der Waals surface area contributed by atoms with Gasteiger partial charge in [0, 0.05) is 30.0 Å². The van der Waals surface area contributed by atoms with Crippen molar-refractivity contribution in [3.8, 4) is 0 Å². The molecule has 0 radical (unpaired) electrons. The molecule has 1 aromatic heterocycles. The molecule has 0 saturated heterocycles. The Hall–Kier alpha value is -0.640. The quantitative estimate of drug-likeness (QED) is 0.731. The summed E-state index contributed by atoms with van der Waals surface area (Å²) in [5, 5.41) is -0.147. The van der Waals surface area contributed by atoms with Gasteiger partial charge in [-0.2, -0.15) is 0 Å². The first-order valence-corrected chi connectivity index (χ1v) is 8.64. The average molecular weight is 302 g/mol. The van der Waals surface area contributed by atoms with Gasteiger partial charge in [-0.25, -0.2) is 26.5 Å². The van der Waals surface area contributed by atoms with Crippen molar-refractivity contribution in [2.24, 2.45) is 0 Å². The van der Waals surface area contributed by atoms with Gasteiger partial charge >= 0.3 is 0 Å². The maximum Gasteiger partial charge on any atom is 0.259 e. The SMILES string of the molecule is CCn1cnc(S(=O)(=O)NCCS(=O)(=O)Cl)c1. The molecule has 1 heterocycles. The second-order valence-electron chi connectivity index (χ2n) is 3.18. The number of aromatic nitrogens is 2. The third-order valence-electron chi connectivity index (χ3n) is 1.89. The van der Waals surface area contributed by atoms with Gasteiger partial charge in [0.1, 0.15) is 0 Å². The summed E-state index contributed by atoms with van der Waals surface area (Å²) >= 11 is 0. The number of nitrogens with one attached hydrogen (secondary N) is 1. The van der Waals surface area contributed by atoms with Crippen LogP contribution in [0.4, 0.5) is 0 Å². The molecule has 0 aliphatic heterocycles. The summed E-state index contributed by atoms with van der Waals surface area (Å²) in [7, 11) is -2.53. The van der Waals surface area contributed by atoms with Crippen LogP contribution in [0, 0.1) is 0 Å². The molecule has 0 spiro atoms. The monoisotopic (exact) mass is 301 g/mol. The van der Waals surface area contributed by atoms with Crippen molar-refractivity contribution in [1.82, 2.24) is 14.3 Å². The topological polar surface area (TPSA) is 98.1 Å². The second-order valence-corrected chi connectivity index (χ2v) is 7.79. The summed E-state index contributed by atoms with van der Waals surface area (Å²) < 4.78 is 48.2. The first-order chi connectivity index (χ1) is 7.74. The second kappa shape index (κ2) is 5.34. The van der Waals surface area contributed by atoms with Crippen molar-refractivity contribution in [2.45, 2.75) is 18.5 Å². The van der Waals surface area contributed by atoms with Gasteiger partial charge in [0.15, 0.2) is 5.03 Å². The Morgan fingerprint density at radius 3 is 2.53 bits per heavy atom. The zero-order chi connectivity index (χ0) is 13.1. The van der Waals surface area contributed by atoms with Gasteiger partial charge in [-0.3, -0.25) is 0 Å². The summed E-state index contributed by atoms with van der Waals surface area (Å²) in [4.78, 5) is 3.70. The largest absolute Gasteiger partial charge is 0.336 e. The molecule has 17 heavy (non-hydrogen) atoms. The van der Waals surface area contributed by atoms with E-state index in [1.807, 2.05) is 6.92 Å². The number of halogens is 1. The average Bonchev–Trinajstić information content (AvgIpc) is 2.63. The Morgan fingerprint density at radius 2 is 2.06 bits per heavy atom. The highest BCUT2D eigenvalue weighted by Gasteiger charge is 2.17. The van der Waals surface area contributed by atoms with Crippen LogP contribution in [0.5, 0.6) is 0 Å². The summed E-state index contributed by atoms with van der Waals surface area (Å²) in [6, 6.07) is 0. The lowest BCUT2D eigenvalue weighted by atomic mass is 10.7. The normalized spacial score (nSPS) is 12.8. The number of hydrogen-bond donors (Lipinski definition) is 1. The van der Waals surface area contributed by atoms with E-state index >= 15 is 0 Å². The summed E-state index contributed by atoms with van der Waals surface area (Å²) in [5.41, 5.74) is 0. The van der Waals surface area contributed by atoms with E-state index in [9.17, 15) is 16.8 Å². The molecular weight excluding hydrogens is 290 g/mol. The Balaban J connectivity index is 2.69. The van der Waals surface area contributed by atoms with E-state index in [0.29, 0.717) is 6.54 Å². The Labute approximate surface area is 104 Å². The molecular formula is C7H12ClN3O4S2. The van der Waals surface area contributed by atoms with Gasteiger partial charge in [0.25, 0.3) is 10.0 Å². The highest BCUT2D eigenvalue weighted by atomic mass is 35.7. The number of imidazole rings is 1. The Morgan fingerprint density at radius 1 is 1.41 bits per heavy atom. The summed E-state index contributed by atoms with van der Waals surface area (Å²) in [6.45, 7) is 2.15. The predicted molar refractivity (Wildman–Crippen MR) is 62.7 cm³/mol. The molecule has 1 N–H and O–H groups in total. The highest BCUT2D eigenvalue weighted by Crippen LogP contribution is 2.05. The van der Waals surface area contributed by atoms with Crippen molar-refractivity contribution >= 4 is 29.8 Å². The van der Waals surface area contributed by atoms with Gasteiger partial charge in [-0.05, 0) is 6.92 Å². The molecule has 0 atom stereocenters. The molecule has 0 aliphatic carbocycles. The van der Waals surface area contributed by atoms with Crippen LogP contribution in [0.1, 0.15) is 6.92 Å². The molecule has 0 fully saturated rings. The minimum absolute atomic E-state index is 0.147. The Bertz CT molecular complexity index is 578. The number of aryl methyl sites for hydroxylation is 1. The van der Waals surface area contributed by atoms with E-state index in [2.05, 4.69) is 9.71 Å². The summed E-state index contributed by atoms with van der Waals surface area (Å²) in [6.07, 6.45) is 2.74. The maximum atomic E-state index is 11.6. The van der Waals surface area contributed by atoms with E-state index in [1.165, 1.54) is 12.5 Å². The van der Waals surface area contributed by atoms with Crippen LogP contribution in [0.15, 0.2) is 17.6 Å². The first kappa shape index (κ1) is 14.4. The van der Waals surface area contributed by atoms with E-state index in [1.54, 1.807) is 4.57 Å². The van der Waals surface area contributed by atoms with Crippen molar-refractivity contribution in [1.29, 1.82) is 0 Å². The van der Waals surface area contributed by atoms with Crippen molar-refractivity contribution in [2.75, 3.05) is 12.3 Å². The molecule has 0 aromatic carbocycles. The van der Waals surface area contributed by atoms with E-state index in [4.69, 9.17) is 10.7 Å². The van der Waals surface area contributed by atoms with Gasteiger partial charge in [0.2, 0.25) is 9.05 Å². The lowest BCUT2D eigenvalue weighted by Crippen LogP contribution is -2.28. The van der Waals surface area contributed by atoms with Crippen LogP contribution in [0.25, 0.3) is 0 Å². The van der Waals surface area contributed by atoms with Crippen LogP contribution >= 0.6 is 10.7 Å². The third kappa shape index (κ3) is 4.62. The van der Waals surface area contributed by atoms with Crippen LogP contribution in [0.3, 0.4) is 0 Å². The molecule has 0 unspecified atom stereocenters. The minimum Gasteiger partial charge on any atom is -0.336 e. The third-order valence-corrected chi connectivity index (χ3v) is 4.39. The fraction of sp³-hybridized carbons (Fsp3) is 0.571. The zero-order valence-corrected chi connectivity index (χ0v) is 11.4. The molecule has 0 aliphatic rings. The predicted octanol–water partition coefficient (Wildman–Crippen LogP) is -0.250. The lowest BCUT2D eigenvalue weighted by Gasteiger charge is -2.02. The first-order valence-electron chi connectivity index (χ1n) is 4.68. The van der Waals surface area contributed by atoms with Crippen LogP contribution in [0.2, 0.25) is 0 Å². The van der Waals surface area contributed by atoms with Gasteiger partial charge in [-0.15, -0.1) is 0 Å². The van der Waals surface area contributed by atoms with Gasteiger partial charge < -0.3 is 4.57 Å². The van der Waals surface area contributed by atoms with Crippen LogP contribution in [-0.4, -0.2) is 38.7 Å². The molecule has 1 aromatic rings. The van der Waals surface area contributed by atoms with E-state index < -0.39 is 24.8 Å². The maximum absolute atomic E-state index is 11.6. The minimum atomic E-state index is -3.78. The smallest absolute Gasteiger partial charge is 0.259 e. The summed E-state index contributed by atoms with van der Waals surface area (Å²) in [5.74, 6) is -0.470. The van der Waals surface area contributed by atoms with Crippen LogP contribution < -0.4 is 4.72 Å². The fourth-order valence-electron chi connectivity index (χ4n) is 1.02. The molecule has 0 saturated carbocycles. The van der Waals surface area contributed by atoms with E-state index in [-0.39, 0.29) is 11.6 Å². The number of rotatable bonds is 6. The van der Waals surface area contributed by atoms with Crippen molar-refractivity contribution in [3.05, 3.63) is 12.5 Å². The van der Waals surface area contributed by atoms with Gasteiger partial charge in [0.05, 0.1) is 12.1 Å². The van der Waals surface area contributed by atoms with Crippen molar-refractivity contribution in [3.63, 3.8) is 0 Å². The molecule has 0 amide bonds.